The van der Waals surface area contributed by atoms with Gasteiger partial charge in [-0.2, -0.15) is 0 Å². The van der Waals surface area contributed by atoms with Crippen LogP contribution in [-0.4, -0.2) is 25.4 Å². The lowest BCUT2D eigenvalue weighted by Crippen LogP contribution is -2.58. The maximum atomic E-state index is 14.2. The van der Waals surface area contributed by atoms with Crippen LogP contribution in [-0.2, 0) is 11.0 Å². The van der Waals surface area contributed by atoms with Gasteiger partial charge in [0.1, 0.15) is 0 Å². The molecule has 3 aromatic rings. The summed E-state index contributed by atoms with van der Waals surface area (Å²) < 4.78 is 17.8. The van der Waals surface area contributed by atoms with E-state index in [0.29, 0.717) is 10.3 Å². The predicted octanol–water partition coefficient (Wildman–Crippen LogP) is 9.96. The van der Waals surface area contributed by atoms with Crippen LogP contribution in [0.2, 0.25) is 0 Å². The molecule has 11 rings (SSSR count). The van der Waals surface area contributed by atoms with Gasteiger partial charge in [0.05, 0.1) is 15.7 Å². The van der Waals surface area contributed by atoms with Crippen LogP contribution < -0.4 is 20.6 Å². The highest BCUT2D eigenvalue weighted by Crippen LogP contribution is 2.78. The van der Waals surface area contributed by atoms with Crippen LogP contribution in [0.5, 0.6) is 0 Å². The van der Waals surface area contributed by atoms with E-state index in [-0.39, 0.29) is 18.7 Å². The van der Waals surface area contributed by atoms with E-state index in [0.717, 1.165) is 41.7 Å². The lowest BCUT2D eigenvalue weighted by atomic mass is 9.55. The molecule has 0 aliphatic heterocycles. The molecule has 0 aromatic heterocycles. The molecule has 2 atom stereocenters. The Balaban J connectivity index is 1.19. The molecule has 0 spiro atoms. The first-order valence-electron chi connectivity index (χ1n) is 19.6. The molecule has 5 heteroatoms. The van der Waals surface area contributed by atoms with Gasteiger partial charge in [-0.15, -0.1) is 0 Å². The number of hydrogen-bond donors (Lipinski definition) is 1. The third kappa shape index (κ3) is 6.28. The SMILES string of the molecule is CC(C)(C)[S@](=O)N[C@H](CP(c1ccccc1)c1ccccc1)c1ccccc1P(C12CC3CC(CC(C3)C1)C2)C12CC3CC(CC(C3)C1)C2. The molecule has 8 fully saturated rings. The summed E-state index contributed by atoms with van der Waals surface area (Å²) in [5, 5.41) is 5.56. The van der Waals surface area contributed by atoms with Crippen molar-refractivity contribution in [3.63, 3.8) is 0 Å². The monoisotopic (exact) mass is 709 g/mol. The van der Waals surface area contributed by atoms with Crippen LogP contribution in [0.1, 0.15) is 109 Å². The van der Waals surface area contributed by atoms with Crippen molar-refractivity contribution in [1.29, 1.82) is 0 Å². The minimum atomic E-state index is -1.17. The summed E-state index contributed by atoms with van der Waals surface area (Å²) in [7, 11) is -2.20. The summed E-state index contributed by atoms with van der Waals surface area (Å²) in [5.74, 6) is 5.77. The van der Waals surface area contributed by atoms with Gasteiger partial charge in [-0.25, -0.2) is 8.93 Å². The van der Waals surface area contributed by atoms with Gasteiger partial charge in [0.2, 0.25) is 0 Å². The van der Waals surface area contributed by atoms with Gasteiger partial charge in [0.25, 0.3) is 0 Å². The zero-order valence-corrected chi connectivity index (χ0v) is 32.6. The molecule has 8 aliphatic rings. The average Bonchev–Trinajstić information content (AvgIpc) is 3.06. The van der Waals surface area contributed by atoms with Crippen molar-refractivity contribution in [1.82, 2.24) is 4.72 Å². The van der Waals surface area contributed by atoms with Gasteiger partial charge < -0.3 is 0 Å². The third-order valence-corrected chi connectivity index (χ3v) is 21.9. The maximum absolute atomic E-state index is 14.2. The molecular formula is C44H57NOP2S. The van der Waals surface area contributed by atoms with Crippen molar-refractivity contribution in [3.05, 3.63) is 90.5 Å². The first-order chi connectivity index (χ1) is 23.7. The summed E-state index contributed by atoms with van der Waals surface area (Å²) in [6.45, 7) is 6.40. The normalized spacial score (nSPS) is 36.2. The van der Waals surface area contributed by atoms with Gasteiger partial charge in [0, 0.05) is 6.04 Å². The highest BCUT2D eigenvalue weighted by Gasteiger charge is 2.63. The van der Waals surface area contributed by atoms with Crippen molar-refractivity contribution >= 4 is 42.7 Å². The quantitative estimate of drug-likeness (QED) is 0.209. The molecule has 49 heavy (non-hydrogen) atoms. The standard InChI is InChI=1S/C44H57NOP2S/c1-42(2,3)49(46)45-40(30-47(37-12-6-4-7-13-37)38-14-8-5-9-15-38)39-16-10-11-17-41(39)48(43-24-31-18-32(25-43)20-33(19-31)26-43)44-27-34-21-35(28-44)23-36(22-34)29-44/h4-17,31-36,40,45H,18-30H2,1-3H3/t31?,32?,33?,34?,35?,36?,40-,43?,44?,48?,49+/m1/s1. The summed E-state index contributed by atoms with van der Waals surface area (Å²) >= 11 is 0. The Hall–Kier alpha value is -1.37. The van der Waals surface area contributed by atoms with E-state index in [9.17, 15) is 4.21 Å². The summed E-state index contributed by atoms with van der Waals surface area (Å²) in [5.41, 5.74) is 1.50. The Morgan fingerprint density at radius 1 is 0.633 bits per heavy atom. The topological polar surface area (TPSA) is 29.1 Å². The molecule has 8 bridgehead atoms. The summed E-state index contributed by atoms with van der Waals surface area (Å²) in [4.78, 5) is 0. The van der Waals surface area contributed by atoms with Gasteiger partial charge in [-0.1, -0.05) is 92.9 Å². The van der Waals surface area contributed by atoms with E-state index in [1.165, 1.54) is 93.2 Å². The molecule has 0 heterocycles. The van der Waals surface area contributed by atoms with Crippen molar-refractivity contribution in [3.8, 4) is 0 Å². The van der Waals surface area contributed by atoms with Crippen LogP contribution in [0, 0.1) is 35.5 Å². The fourth-order valence-electron chi connectivity index (χ4n) is 12.9. The molecule has 0 radical (unpaired) electrons. The van der Waals surface area contributed by atoms with Crippen LogP contribution >= 0.6 is 15.8 Å². The second kappa shape index (κ2) is 12.9. The van der Waals surface area contributed by atoms with Crippen molar-refractivity contribution in [2.45, 2.75) is 119 Å². The Kier molecular flexibility index (Phi) is 8.84. The Morgan fingerprint density at radius 3 is 1.43 bits per heavy atom. The van der Waals surface area contributed by atoms with Crippen LogP contribution in [0.25, 0.3) is 0 Å². The third-order valence-electron chi connectivity index (χ3n) is 13.8. The Bertz CT molecular complexity index is 1510. The second-order valence-corrected chi connectivity index (χ2v) is 25.8. The predicted molar refractivity (Wildman–Crippen MR) is 213 cm³/mol. The van der Waals surface area contributed by atoms with E-state index in [1.54, 1.807) is 5.30 Å². The van der Waals surface area contributed by atoms with Gasteiger partial charge in [-0.3, -0.25) is 0 Å². The van der Waals surface area contributed by atoms with Crippen molar-refractivity contribution in [2.75, 3.05) is 6.16 Å². The molecule has 0 amide bonds. The van der Waals surface area contributed by atoms with Crippen molar-refractivity contribution < 1.29 is 4.21 Å². The zero-order chi connectivity index (χ0) is 33.4. The number of benzene rings is 3. The number of hydrogen-bond acceptors (Lipinski definition) is 1. The molecule has 8 saturated carbocycles. The average molecular weight is 710 g/mol. The minimum absolute atomic E-state index is 0.0376. The lowest BCUT2D eigenvalue weighted by Gasteiger charge is -2.67. The summed E-state index contributed by atoms with van der Waals surface area (Å²) in [6.07, 6.45) is 19.0. The molecule has 2 nitrogen and oxygen atoms in total. The van der Waals surface area contributed by atoms with Crippen LogP contribution in [0.4, 0.5) is 0 Å². The number of rotatable bonds is 10. The molecule has 3 aromatic carbocycles. The smallest absolute Gasteiger partial charge is 0.0976 e. The Labute approximate surface area is 301 Å². The minimum Gasteiger partial charge on any atom is -0.242 e. The van der Waals surface area contributed by atoms with E-state index in [1.807, 2.05) is 0 Å². The summed E-state index contributed by atoms with van der Waals surface area (Å²) in [6, 6.07) is 32.3. The van der Waals surface area contributed by atoms with E-state index in [2.05, 4.69) is 110 Å². The molecule has 8 aliphatic carbocycles. The fraction of sp³-hybridized carbons (Fsp3) is 0.591. The fourth-order valence-corrected chi connectivity index (χ4v) is 21.7. The van der Waals surface area contributed by atoms with Gasteiger partial charge in [-0.05, 0) is 179 Å². The molecule has 1 N–H and O–H groups in total. The first kappa shape index (κ1) is 33.5. The van der Waals surface area contributed by atoms with Gasteiger partial charge >= 0.3 is 0 Å². The molecule has 0 unspecified atom stereocenters. The van der Waals surface area contributed by atoms with Gasteiger partial charge in [0.15, 0.2) is 0 Å². The zero-order valence-electron chi connectivity index (χ0n) is 30.0. The maximum Gasteiger partial charge on any atom is 0.0976 e. The second-order valence-electron chi connectivity index (χ2n) is 18.5. The lowest BCUT2D eigenvalue weighted by molar-refractivity contribution is 0.0195. The van der Waals surface area contributed by atoms with E-state index >= 15 is 0 Å². The van der Waals surface area contributed by atoms with Crippen molar-refractivity contribution in [2.24, 2.45) is 35.5 Å². The van der Waals surface area contributed by atoms with E-state index in [4.69, 9.17) is 0 Å². The molecule has 260 valence electrons. The largest absolute Gasteiger partial charge is 0.242 e. The molecule has 0 saturated heterocycles. The first-order valence-corrected chi connectivity index (χ1v) is 23.6. The van der Waals surface area contributed by atoms with E-state index < -0.39 is 18.9 Å². The number of nitrogens with one attached hydrogen (secondary N) is 1. The highest BCUT2D eigenvalue weighted by atomic mass is 32.2. The molecular weight excluding hydrogens is 653 g/mol. The van der Waals surface area contributed by atoms with Crippen LogP contribution in [0.15, 0.2) is 84.9 Å². The Morgan fingerprint density at radius 2 is 1.02 bits per heavy atom. The highest BCUT2D eigenvalue weighted by molar-refractivity contribution is 7.84. The van der Waals surface area contributed by atoms with Crippen LogP contribution in [0.3, 0.4) is 0 Å².